The summed E-state index contributed by atoms with van der Waals surface area (Å²) in [5.41, 5.74) is 0.849. The van der Waals surface area contributed by atoms with Gasteiger partial charge in [-0.25, -0.2) is 18.7 Å². The Morgan fingerprint density at radius 2 is 1.82 bits per heavy atom. The van der Waals surface area contributed by atoms with Gasteiger partial charge in [0, 0.05) is 12.1 Å². The van der Waals surface area contributed by atoms with Crippen LogP contribution in [0.3, 0.4) is 0 Å². The minimum absolute atomic E-state index is 0.392. The van der Waals surface area contributed by atoms with Gasteiger partial charge in [0.1, 0.15) is 18.0 Å². The number of hydrogen-bond acceptors (Lipinski definition) is 4. The summed E-state index contributed by atoms with van der Waals surface area (Å²) >= 11 is 0. The molecule has 96 valence electrons. The lowest BCUT2D eigenvalue weighted by Gasteiger charge is -2.13. The second-order valence-electron chi connectivity index (χ2n) is 3.60. The van der Waals surface area contributed by atoms with Crippen LogP contribution in [-0.4, -0.2) is 29.5 Å². The van der Waals surface area contributed by atoms with Crippen molar-refractivity contribution in [2.24, 2.45) is 0 Å². The highest BCUT2D eigenvalue weighted by Gasteiger charge is 2.10. The smallest absolute Gasteiger partial charge is 0.255 e. The van der Waals surface area contributed by atoms with Crippen LogP contribution in [0, 0.1) is 0 Å². The second-order valence-corrected chi connectivity index (χ2v) is 3.60. The highest BCUT2D eigenvalue weighted by Crippen LogP contribution is 2.20. The van der Waals surface area contributed by atoms with E-state index in [0.29, 0.717) is 12.2 Å². The highest BCUT2D eigenvalue weighted by molar-refractivity contribution is 5.57. The van der Waals surface area contributed by atoms with Gasteiger partial charge in [-0.15, -0.1) is 0 Å². The number of aromatic nitrogens is 2. The third kappa shape index (κ3) is 4.13. The van der Waals surface area contributed by atoms with Crippen molar-refractivity contribution in [1.29, 1.82) is 0 Å². The monoisotopic (exact) mass is 244 g/mol. The third-order valence-electron chi connectivity index (χ3n) is 2.27. The molecular weight excluding hydrogens is 226 g/mol. The van der Waals surface area contributed by atoms with Crippen molar-refractivity contribution < 1.29 is 8.78 Å². The zero-order chi connectivity index (χ0) is 12.7. The average Bonchev–Trinajstić information content (AvgIpc) is 2.33. The van der Waals surface area contributed by atoms with Gasteiger partial charge >= 0.3 is 0 Å². The van der Waals surface area contributed by atoms with E-state index < -0.39 is 13.0 Å². The standard InChI is InChI=1S/C11H18F2N4/c1-3-5-14-10-8(4-2)11(17-7-16-10)15-6-9(12)13/h7,9H,3-6H2,1-2H3,(H2,14,15,16,17). The van der Waals surface area contributed by atoms with Crippen LogP contribution in [0.2, 0.25) is 0 Å². The Hall–Kier alpha value is -1.46. The van der Waals surface area contributed by atoms with E-state index in [1.165, 1.54) is 6.33 Å². The van der Waals surface area contributed by atoms with Crippen molar-refractivity contribution in [3.8, 4) is 0 Å². The molecule has 1 heterocycles. The van der Waals surface area contributed by atoms with E-state index in [9.17, 15) is 8.78 Å². The van der Waals surface area contributed by atoms with Crippen LogP contribution < -0.4 is 10.6 Å². The van der Waals surface area contributed by atoms with Crippen LogP contribution >= 0.6 is 0 Å². The number of rotatable bonds is 7. The van der Waals surface area contributed by atoms with Crippen molar-refractivity contribution in [1.82, 2.24) is 9.97 Å². The number of alkyl halides is 2. The predicted molar refractivity (Wildman–Crippen MR) is 64.7 cm³/mol. The molecule has 0 aliphatic carbocycles. The normalized spacial score (nSPS) is 10.6. The maximum atomic E-state index is 12.1. The molecule has 0 saturated heterocycles. The minimum atomic E-state index is -2.39. The lowest BCUT2D eigenvalue weighted by molar-refractivity contribution is 0.163. The molecule has 4 nitrogen and oxygen atoms in total. The highest BCUT2D eigenvalue weighted by atomic mass is 19.3. The molecule has 0 atom stereocenters. The molecule has 2 N–H and O–H groups in total. The summed E-state index contributed by atoms with van der Waals surface area (Å²) < 4.78 is 24.3. The number of nitrogens with zero attached hydrogens (tertiary/aromatic N) is 2. The lowest BCUT2D eigenvalue weighted by Crippen LogP contribution is -2.15. The van der Waals surface area contributed by atoms with Gasteiger partial charge in [0.2, 0.25) is 0 Å². The fourth-order valence-corrected chi connectivity index (χ4v) is 1.47. The summed E-state index contributed by atoms with van der Waals surface area (Å²) in [5.74, 6) is 1.21. The van der Waals surface area contributed by atoms with Crippen LogP contribution in [0.1, 0.15) is 25.8 Å². The summed E-state index contributed by atoms with van der Waals surface area (Å²) in [5, 5.41) is 5.80. The maximum absolute atomic E-state index is 12.1. The Bertz CT molecular complexity index is 344. The van der Waals surface area contributed by atoms with E-state index in [0.717, 1.165) is 24.3 Å². The predicted octanol–water partition coefficient (Wildman–Crippen LogP) is 2.54. The number of anilines is 2. The van der Waals surface area contributed by atoms with E-state index >= 15 is 0 Å². The van der Waals surface area contributed by atoms with Gasteiger partial charge in [-0.2, -0.15) is 0 Å². The summed E-state index contributed by atoms with van der Waals surface area (Å²) in [4.78, 5) is 8.12. The van der Waals surface area contributed by atoms with Crippen LogP contribution in [0.15, 0.2) is 6.33 Å². The van der Waals surface area contributed by atoms with Crippen LogP contribution in [0.25, 0.3) is 0 Å². The molecule has 1 aromatic rings. The first-order valence-electron chi connectivity index (χ1n) is 5.78. The third-order valence-corrected chi connectivity index (χ3v) is 2.27. The molecular formula is C11H18F2N4. The summed E-state index contributed by atoms with van der Waals surface area (Å²) in [6.07, 6.45) is 0.665. The van der Waals surface area contributed by atoms with Crippen LogP contribution in [0.4, 0.5) is 20.4 Å². The van der Waals surface area contributed by atoms with E-state index in [1.54, 1.807) is 0 Å². The van der Waals surface area contributed by atoms with Gasteiger partial charge in [-0.1, -0.05) is 13.8 Å². The molecule has 17 heavy (non-hydrogen) atoms. The van der Waals surface area contributed by atoms with Gasteiger partial charge in [0.05, 0.1) is 6.54 Å². The van der Waals surface area contributed by atoms with Crippen LogP contribution in [-0.2, 0) is 6.42 Å². The van der Waals surface area contributed by atoms with Crippen LogP contribution in [0.5, 0.6) is 0 Å². The van der Waals surface area contributed by atoms with E-state index in [-0.39, 0.29) is 0 Å². The van der Waals surface area contributed by atoms with Crippen molar-refractivity contribution in [3.05, 3.63) is 11.9 Å². The van der Waals surface area contributed by atoms with E-state index in [2.05, 4.69) is 27.5 Å². The largest absolute Gasteiger partial charge is 0.370 e. The Morgan fingerprint density at radius 1 is 1.18 bits per heavy atom. The zero-order valence-corrected chi connectivity index (χ0v) is 10.1. The summed E-state index contributed by atoms with van der Waals surface area (Å²) in [7, 11) is 0. The Balaban J connectivity index is 2.81. The Kier molecular flexibility index (Phi) is 5.59. The molecule has 0 aromatic carbocycles. The SMILES string of the molecule is CCCNc1ncnc(NCC(F)F)c1CC. The molecule has 0 radical (unpaired) electrons. The van der Waals surface area contributed by atoms with Gasteiger partial charge in [0.15, 0.2) is 0 Å². The molecule has 0 amide bonds. The molecule has 0 aliphatic rings. The Morgan fingerprint density at radius 3 is 2.35 bits per heavy atom. The van der Waals surface area contributed by atoms with Crippen molar-refractivity contribution in [2.75, 3.05) is 23.7 Å². The first kappa shape index (κ1) is 13.6. The lowest BCUT2D eigenvalue weighted by atomic mass is 10.2. The Labute approximate surface area is 99.9 Å². The van der Waals surface area contributed by atoms with E-state index in [1.807, 2.05) is 6.92 Å². The van der Waals surface area contributed by atoms with Gasteiger partial charge < -0.3 is 10.6 Å². The molecule has 1 rings (SSSR count). The van der Waals surface area contributed by atoms with Gasteiger partial charge in [-0.3, -0.25) is 0 Å². The minimum Gasteiger partial charge on any atom is -0.370 e. The fraction of sp³-hybridized carbons (Fsp3) is 0.636. The topological polar surface area (TPSA) is 49.8 Å². The molecule has 0 fully saturated rings. The zero-order valence-electron chi connectivity index (χ0n) is 10.1. The van der Waals surface area contributed by atoms with Crippen molar-refractivity contribution in [2.45, 2.75) is 33.1 Å². The van der Waals surface area contributed by atoms with E-state index in [4.69, 9.17) is 0 Å². The molecule has 0 unspecified atom stereocenters. The van der Waals surface area contributed by atoms with Crippen molar-refractivity contribution in [3.63, 3.8) is 0 Å². The molecule has 0 saturated carbocycles. The molecule has 0 spiro atoms. The van der Waals surface area contributed by atoms with Gasteiger partial charge in [0.25, 0.3) is 6.43 Å². The molecule has 6 heteroatoms. The first-order chi connectivity index (χ1) is 8.19. The summed E-state index contributed by atoms with van der Waals surface area (Å²) in [6, 6.07) is 0. The molecule has 0 aliphatic heterocycles. The first-order valence-corrected chi connectivity index (χ1v) is 5.78. The molecule has 1 aromatic heterocycles. The maximum Gasteiger partial charge on any atom is 0.255 e. The number of nitrogens with one attached hydrogen (secondary N) is 2. The quantitative estimate of drug-likeness (QED) is 0.774. The van der Waals surface area contributed by atoms with Gasteiger partial charge in [-0.05, 0) is 12.8 Å². The second kappa shape index (κ2) is 6.98. The summed E-state index contributed by atoms with van der Waals surface area (Å²) in [6.45, 7) is 4.41. The number of hydrogen-bond donors (Lipinski definition) is 2. The van der Waals surface area contributed by atoms with Crippen molar-refractivity contribution >= 4 is 11.6 Å². The average molecular weight is 244 g/mol. The number of halogens is 2. The molecule has 0 bridgehead atoms. The fourth-order valence-electron chi connectivity index (χ4n) is 1.47.